The smallest absolute Gasteiger partial charge is 0.328 e. The average Bonchev–Trinajstić information content (AvgIpc) is 3.05. The van der Waals surface area contributed by atoms with Crippen molar-refractivity contribution >= 4 is 23.5 Å². The average molecular weight is 363 g/mol. The van der Waals surface area contributed by atoms with Gasteiger partial charge in [-0.25, -0.2) is 9.59 Å². The van der Waals surface area contributed by atoms with Crippen LogP contribution >= 0.6 is 11.6 Å². The number of nitrogens with zero attached hydrogens (tertiary/aromatic N) is 1. The lowest BCUT2D eigenvalue weighted by Gasteiger charge is -2.11. The molecule has 1 aromatic carbocycles. The van der Waals surface area contributed by atoms with E-state index in [1.165, 1.54) is 22.4 Å². The third-order valence-corrected chi connectivity index (χ3v) is 3.84. The number of carbonyl (C=O) groups is 2. The van der Waals surface area contributed by atoms with E-state index >= 15 is 0 Å². The van der Waals surface area contributed by atoms with Crippen molar-refractivity contribution in [2.45, 2.75) is 25.9 Å². The molecular weight excluding hydrogens is 344 g/mol. The first-order valence-electron chi connectivity index (χ1n) is 7.64. The molecular formula is C18H19ClN2O4. The predicted molar refractivity (Wildman–Crippen MR) is 95.7 cm³/mol. The Hall–Kier alpha value is -2.57. The van der Waals surface area contributed by atoms with Gasteiger partial charge in [0.25, 0.3) is 0 Å². The second-order valence-corrected chi connectivity index (χ2v) is 6.24. The minimum Gasteiger partial charge on any atom is -0.478 e. The van der Waals surface area contributed by atoms with E-state index in [1.54, 1.807) is 0 Å². The Morgan fingerprint density at radius 2 is 1.88 bits per heavy atom. The molecule has 0 saturated heterocycles. The number of aromatic nitrogens is 1. The number of fused-ring (bicyclic) bond motifs is 3. The standard InChI is InChI=1S/C14H15ClN2.C4H4O4/c1-9(16)8-17-5-4-11-6-10-2-3-12(15)7-13(10)14(11)17;5-3(6)1-2-4(7)8/h2-5,7,9H,6,8,16H2,1H3;1-2H,(H,5,6)(H,7,8)/b;2-1+. The van der Waals surface area contributed by atoms with Crippen molar-refractivity contribution in [3.05, 3.63) is 58.8 Å². The molecule has 4 N–H and O–H groups in total. The summed E-state index contributed by atoms with van der Waals surface area (Å²) in [6.07, 6.45) is 4.25. The zero-order valence-corrected chi connectivity index (χ0v) is 14.4. The zero-order valence-electron chi connectivity index (χ0n) is 13.6. The first-order chi connectivity index (χ1) is 11.8. The third-order valence-electron chi connectivity index (χ3n) is 3.61. The molecule has 25 heavy (non-hydrogen) atoms. The second-order valence-electron chi connectivity index (χ2n) is 5.81. The molecule has 3 rings (SSSR count). The highest BCUT2D eigenvalue weighted by molar-refractivity contribution is 6.30. The molecule has 1 atom stereocenters. The quantitative estimate of drug-likeness (QED) is 0.619. The topological polar surface area (TPSA) is 106 Å². The van der Waals surface area contributed by atoms with Crippen LogP contribution in [0, 0.1) is 0 Å². The number of carboxylic acid groups (broad SMARTS) is 2. The first kappa shape index (κ1) is 18.8. The normalized spacial score (nSPS) is 12.9. The summed E-state index contributed by atoms with van der Waals surface area (Å²) in [7, 11) is 0. The van der Waals surface area contributed by atoms with Crippen LogP contribution in [0.25, 0.3) is 11.3 Å². The van der Waals surface area contributed by atoms with Crippen LogP contribution in [0.5, 0.6) is 0 Å². The van der Waals surface area contributed by atoms with E-state index in [9.17, 15) is 9.59 Å². The Labute approximate surface area is 150 Å². The van der Waals surface area contributed by atoms with Crippen molar-refractivity contribution < 1.29 is 19.8 Å². The van der Waals surface area contributed by atoms with Crippen LogP contribution < -0.4 is 5.73 Å². The van der Waals surface area contributed by atoms with Gasteiger partial charge in [0.2, 0.25) is 0 Å². The van der Waals surface area contributed by atoms with E-state index in [-0.39, 0.29) is 6.04 Å². The number of hydrogen-bond donors (Lipinski definition) is 3. The van der Waals surface area contributed by atoms with Crippen LogP contribution in [0.2, 0.25) is 5.02 Å². The number of nitrogens with two attached hydrogens (primary N) is 1. The monoisotopic (exact) mass is 362 g/mol. The van der Waals surface area contributed by atoms with Gasteiger partial charge in [0, 0.05) is 47.9 Å². The van der Waals surface area contributed by atoms with Crippen LogP contribution in [-0.2, 0) is 22.6 Å². The van der Waals surface area contributed by atoms with Gasteiger partial charge < -0.3 is 20.5 Å². The van der Waals surface area contributed by atoms with Crippen molar-refractivity contribution in [3.63, 3.8) is 0 Å². The van der Waals surface area contributed by atoms with E-state index in [2.05, 4.69) is 29.0 Å². The maximum Gasteiger partial charge on any atom is 0.328 e. The van der Waals surface area contributed by atoms with Gasteiger partial charge in [-0.15, -0.1) is 0 Å². The summed E-state index contributed by atoms with van der Waals surface area (Å²) in [6, 6.07) is 8.48. The highest BCUT2D eigenvalue weighted by atomic mass is 35.5. The Morgan fingerprint density at radius 1 is 1.24 bits per heavy atom. The molecule has 0 spiro atoms. The summed E-state index contributed by atoms with van der Waals surface area (Å²) < 4.78 is 2.24. The minimum absolute atomic E-state index is 0.162. The summed E-state index contributed by atoms with van der Waals surface area (Å²) in [4.78, 5) is 19.1. The van der Waals surface area contributed by atoms with Gasteiger partial charge in [-0.05, 0) is 36.2 Å². The number of halogens is 1. The van der Waals surface area contributed by atoms with Crippen molar-refractivity contribution in [2.24, 2.45) is 5.73 Å². The number of benzene rings is 1. The van der Waals surface area contributed by atoms with Gasteiger partial charge in [-0.1, -0.05) is 17.7 Å². The maximum absolute atomic E-state index is 9.55. The van der Waals surface area contributed by atoms with Crippen molar-refractivity contribution in [1.29, 1.82) is 0 Å². The molecule has 1 unspecified atom stereocenters. The van der Waals surface area contributed by atoms with E-state index in [1.807, 2.05) is 13.0 Å². The molecule has 6 nitrogen and oxygen atoms in total. The summed E-state index contributed by atoms with van der Waals surface area (Å²) in [6.45, 7) is 2.88. The molecule has 0 radical (unpaired) electrons. The molecule has 2 aromatic rings. The molecule has 1 aliphatic carbocycles. The molecule has 0 bridgehead atoms. The summed E-state index contributed by atoms with van der Waals surface area (Å²) in [5.74, 6) is -2.51. The molecule has 1 aromatic heterocycles. The number of carboxylic acids is 2. The Morgan fingerprint density at radius 3 is 2.44 bits per heavy atom. The number of hydrogen-bond acceptors (Lipinski definition) is 3. The van der Waals surface area contributed by atoms with E-state index in [0.717, 1.165) is 18.0 Å². The highest BCUT2D eigenvalue weighted by Crippen LogP contribution is 2.38. The minimum atomic E-state index is -1.26. The van der Waals surface area contributed by atoms with E-state index in [4.69, 9.17) is 27.5 Å². The number of rotatable bonds is 4. The van der Waals surface area contributed by atoms with Crippen molar-refractivity contribution in [2.75, 3.05) is 0 Å². The highest BCUT2D eigenvalue weighted by Gasteiger charge is 2.22. The molecule has 0 amide bonds. The first-order valence-corrected chi connectivity index (χ1v) is 8.02. The summed E-state index contributed by atoms with van der Waals surface area (Å²) >= 11 is 6.08. The maximum atomic E-state index is 9.55. The lowest BCUT2D eigenvalue weighted by molar-refractivity contribution is -0.134. The summed E-state index contributed by atoms with van der Waals surface area (Å²) in [5.41, 5.74) is 11.2. The molecule has 0 aliphatic heterocycles. The predicted octanol–water partition coefficient (Wildman–Crippen LogP) is 2.77. The van der Waals surface area contributed by atoms with E-state index in [0.29, 0.717) is 12.2 Å². The Bertz CT molecular complexity index is 808. The fourth-order valence-corrected chi connectivity index (χ4v) is 2.89. The zero-order chi connectivity index (χ0) is 18.6. The largest absolute Gasteiger partial charge is 0.478 e. The molecule has 1 heterocycles. The fourth-order valence-electron chi connectivity index (χ4n) is 2.72. The third kappa shape index (κ3) is 4.95. The van der Waals surface area contributed by atoms with Gasteiger partial charge in [0.1, 0.15) is 0 Å². The van der Waals surface area contributed by atoms with Gasteiger partial charge in [-0.3, -0.25) is 0 Å². The lowest BCUT2D eigenvalue weighted by Crippen LogP contribution is -2.22. The van der Waals surface area contributed by atoms with Crippen LogP contribution in [0.15, 0.2) is 42.6 Å². The lowest BCUT2D eigenvalue weighted by atomic mass is 10.1. The van der Waals surface area contributed by atoms with Gasteiger partial charge in [-0.2, -0.15) is 0 Å². The molecule has 0 fully saturated rings. The fraction of sp³-hybridized carbons (Fsp3) is 0.222. The van der Waals surface area contributed by atoms with Crippen LogP contribution in [0.3, 0.4) is 0 Å². The summed E-state index contributed by atoms with van der Waals surface area (Å²) in [5, 5.41) is 16.4. The van der Waals surface area contributed by atoms with E-state index < -0.39 is 11.9 Å². The van der Waals surface area contributed by atoms with Crippen molar-refractivity contribution in [3.8, 4) is 11.3 Å². The second kappa shape index (κ2) is 8.00. The Balaban J connectivity index is 0.000000242. The molecule has 1 aliphatic rings. The number of aliphatic carboxylic acids is 2. The van der Waals surface area contributed by atoms with Crippen molar-refractivity contribution in [1.82, 2.24) is 4.57 Å². The molecule has 132 valence electrons. The van der Waals surface area contributed by atoms with Gasteiger partial charge in [0.05, 0.1) is 5.69 Å². The Kier molecular flexibility index (Phi) is 6.01. The SMILES string of the molecule is CC(N)Cn1ccc2c1-c1cc(Cl)ccc1C2.O=C(O)/C=C/C(=O)O. The van der Waals surface area contributed by atoms with Crippen LogP contribution in [0.1, 0.15) is 18.1 Å². The van der Waals surface area contributed by atoms with Crippen LogP contribution in [-0.4, -0.2) is 32.8 Å². The molecule has 7 heteroatoms. The molecule has 0 saturated carbocycles. The van der Waals surface area contributed by atoms with Gasteiger partial charge in [0.15, 0.2) is 0 Å². The van der Waals surface area contributed by atoms with Crippen LogP contribution in [0.4, 0.5) is 0 Å². The van der Waals surface area contributed by atoms with Gasteiger partial charge >= 0.3 is 11.9 Å².